The number of carbonyl (C=O) groups excluding carboxylic acids is 1. The fraction of sp³-hybridized carbons (Fsp3) is 0. The number of aromatic nitrogens is 2. The molecule has 0 bridgehead atoms. The second kappa shape index (κ2) is 4.23. The average Bonchev–Trinajstić information content (AvgIpc) is 2.76. The van der Waals surface area contributed by atoms with E-state index in [0.29, 0.717) is 5.69 Å². The maximum atomic E-state index is 13.3. The molecule has 0 spiro atoms. The molecule has 3 N–H and O–H groups in total. The zero-order valence-electron chi connectivity index (χ0n) is 7.98. The Kier molecular flexibility index (Phi) is 2.78. The number of rotatable bonds is 2. The molecule has 82 valence electrons. The molecule has 0 saturated carbocycles. The predicted molar refractivity (Wildman–Crippen MR) is 58.7 cm³/mol. The van der Waals surface area contributed by atoms with Crippen LogP contribution < -0.4 is 11.1 Å². The highest BCUT2D eigenvalue weighted by Crippen LogP contribution is 2.17. The molecule has 0 radical (unpaired) electrons. The van der Waals surface area contributed by atoms with Gasteiger partial charge in [-0.2, -0.15) is 8.75 Å². The summed E-state index contributed by atoms with van der Waals surface area (Å²) in [5.41, 5.74) is 6.02. The van der Waals surface area contributed by atoms with Gasteiger partial charge in [0.25, 0.3) is 5.91 Å². The van der Waals surface area contributed by atoms with E-state index in [4.69, 9.17) is 5.73 Å². The molecule has 0 atom stereocenters. The highest BCUT2D eigenvalue weighted by Gasteiger charge is 2.11. The first-order chi connectivity index (χ1) is 7.66. The maximum absolute atomic E-state index is 13.3. The summed E-state index contributed by atoms with van der Waals surface area (Å²) < 4.78 is 20.7. The molecule has 0 unspecified atom stereocenters. The van der Waals surface area contributed by atoms with Crippen LogP contribution >= 0.6 is 11.7 Å². The lowest BCUT2D eigenvalue weighted by Crippen LogP contribution is -2.13. The van der Waals surface area contributed by atoms with Crippen molar-refractivity contribution in [3.8, 4) is 0 Å². The molecule has 5 nitrogen and oxygen atoms in total. The largest absolute Gasteiger partial charge is 0.399 e. The van der Waals surface area contributed by atoms with Crippen molar-refractivity contribution in [1.29, 1.82) is 0 Å². The SMILES string of the molecule is Nc1ccc(F)c(NC(=O)c2cnsn2)c1. The molecular weight excluding hydrogens is 231 g/mol. The molecule has 1 aromatic carbocycles. The Balaban J connectivity index is 2.21. The Labute approximate surface area is 94.4 Å². The topological polar surface area (TPSA) is 80.9 Å². The fourth-order valence-electron chi connectivity index (χ4n) is 1.09. The van der Waals surface area contributed by atoms with Gasteiger partial charge in [0.15, 0.2) is 5.69 Å². The fourth-order valence-corrected chi connectivity index (χ4v) is 1.50. The molecule has 0 saturated heterocycles. The molecule has 1 aromatic heterocycles. The molecule has 0 fully saturated rings. The van der Waals surface area contributed by atoms with Crippen molar-refractivity contribution >= 4 is 29.0 Å². The van der Waals surface area contributed by atoms with E-state index in [9.17, 15) is 9.18 Å². The van der Waals surface area contributed by atoms with Crippen molar-refractivity contribution in [3.05, 3.63) is 35.9 Å². The molecule has 2 aromatic rings. The van der Waals surface area contributed by atoms with Crippen LogP contribution in [0.25, 0.3) is 0 Å². The van der Waals surface area contributed by atoms with E-state index in [1.54, 1.807) is 0 Å². The summed E-state index contributed by atoms with van der Waals surface area (Å²) in [5, 5.41) is 2.36. The van der Waals surface area contributed by atoms with Crippen LogP contribution in [0.1, 0.15) is 10.5 Å². The first-order valence-electron chi connectivity index (χ1n) is 4.31. The summed E-state index contributed by atoms with van der Waals surface area (Å²) >= 11 is 0.907. The second-order valence-electron chi connectivity index (χ2n) is 2.99. The van der Waals surface area contributed by atoms with Gasteiger partial charge in [0.05, 0.1) is 23.6 Å². The number of hydrogen-bond acceptors (Lipinski definition) is 5. The van der Waals surface area contributed by atoms with Gasteiger partial charge in [0.2, 0.25) is 0 Å². The summed E-state index contributed by atoms with van der Waals surface area (Å²) in [4.78, 5) is 11.5. The summed E-state index contributed by atoms with van der Waals surface area (Å²) in [6.07, 6.45) is 1.31. The third-order valence-corrected chi connectivity index (χ3v) is 2.31. The van der Waals surface area contributed by atoms with Gasteiger partial charge in [-0.05, 0) is 18.2 Å². The Bertz CT molecular complexity index is 514. The number of nitrogens with one attached hydrogen (secondary N) is 1. The lowest BCUT2D eigenvalue weighted by molar-refractivity contribution is 0.102. The maximum Gasteiger partial charge on any atom is 0.277 e. The number of amides is 1. The molecule has 16 heavy (non-hydrogen) atoms. The summed E-state index contributed by atoms with van der Waals surface area (Å²) in [5.74, 6) is -1.07. The van der Waals surface area contributed by atoms with E-state index in [1.807, 2.05) is 0 Å². The van der Waals surface area contributed by atoms with E-state index in [-0.39, 0.29) is 11.4 Å². The van der Waals surface area contributed by atoms with Gasteiger partial charge in [0, 0.05) is 5.69 Å². The van der Waals surface area contributed by atoms with Crippen molar-refractivity contribution in [2.24, 2.45) is 0 Å². The highest BCUT2D eigenvalue weighted by molar-refractivity contribution is 6.99. The smallest absolute Gasteiger partial charge is 0.277 e. The number of benzene rings is 1. The monoisotopic (exact) mass is 238 g/mol. The number of anilines is 2. The molecular formula is C9H7FN4OS. The number of nitrogen functional groups attached to an aromatic ring is 1. The van der Waals surface area contributed by atoms with Crippen LogP contribution in [0, 0.1) is 5.82 Å². The van der Waals surface area contributed by atoms with Gasteiger partial charge in [-0.1, -0.05) is 0 Å². The van der Waals surface area contributed by atoms with Gasteiger partial charge in [-0.15, -0.1) is 0 Å². The minimum Gasteiger partial charge on any atom is -0.399 e. The van der Waals surface area contributed by atoms with Crippen LogP contribution in [-0.4, -0.2) is 14.7 Å². The molecule has 1 heterocycles. The average molecular weight is 238 g/mol. The van der Waals surface area contributed by atoms with Crippen LogP contribution in [0.3, 0.4) is 0 Å². The van der Waals surface area contributed by atoms with E-state index in [0.717, 1.165) is 11.7 Å². The van der Waals surface area contributed by atoms with Crippen LogP contribution in [0.2, 0.25) is 0 Å². The highest BCUT2D eigenvalue weighted by atomic mass is 32.1. The van der Waals surface area contributed by atoms with Crippen LogP contribution in [0.15, 0.2) is 24.4 Å². The van der Waals surface area contributed by atoms with E-state index >= 15 is 0 Å². The number of carbonyl (C=O) groups is 1. The molecule has 0 aliphatic carbocycles. The zero-order chi connectivity index (χ0) is 11.5. The standard InChI is InChI=1S/C9H7FN4OS/c10-6-2-1-5(11)3-7(6)13-9(15)8-4-12-16-14-8/h1-4H,11H2,(H,13,15). The van der Waals surface area contributed by atoms with Crippen LogP contribution in [0.5, 0.6) is 0 Å². The van der Waals surface area contributed by atoms with Crippen LogP contribution in [0.4, 0.5) is 15.8 Å². The quantitative estimate of drug-likeness (QED) is 0.777. The van der Waals surface area contributed by atoms with Crippen molar-refractivity contribution in [1.82, 2.24) is 8.75 Å². The second-order valence-corrected chi connectivity index (χ2v) is 3.54. The first kappa shape index (κ1) is 10.5. The van der Waals surface area contributed by atoms with Crippen molar-refractivity contribution < 1.29 is 9.18 Å². The van der Waals surface area contributed by atoms with Gasteiger partial charge in [0.1, 0.15) is 5.82 Å². The molecule has 2 rings (SSSR count). The molecule has 7 heteroatoms. The summed E-state index contributed by atoms with van der Waals surface area (Å²) in [7, 11) is 0. The normalized spacial score (nSPS) is 10.1. The molecule has 1 amide bonds. The van der Waals surface area contributed by atoms with Crippen molar-refractivity contribution in [3.63, 3.8) is 0 Å². The third-order valence-electron chi connectivity index (χ3n) is 1.83. The number of halogens is 1. The first-order valence-corrected chi connectivity index (χ1v) is 5.04. The minimum atomic E-state index is -0.550. The Morgan fingerprint density at radius 2 is 2.31 bits per heavy atom. The lowest BCUT2D eigenvalue weighted by atomic mass is 10.2. The van der Waals surface area contributed by atoms with Crippen LogP contribution in [-0.2, 0) is 0 Å². The van der Waals surface area contributed by atoms with Crippen molar-refractivity contribution in [2.45, 2.75) is 0 Å². The van der Waals surface area contributed by atoms with Gasteiger partial charge in [-0.25, -0.2) is 4.39 Å². The number of nitrogens with two attached hydrogens (primary N) is 1. The van der Waals surface area contributed by atoms with Gasteiger partial charge >= 0.3 is 0 Å². The van der Waals surface area contributed by atoms with E-state index < -0.39 is 11.7 Å². The number of nitrogens with zero attached hydrogens (tertiary/aromatic N) is 2. The molecule has 0 aliphatic rings. The Hall–Kier alpha value is -2.02. The van der Waals surface area contributed by atoms with E-state index in [2.05, 4.69) is 14.1 Å². The predicted octanol–water partition coefficient (Wildman–Crippen LogP) is 1.51. The summed E-state index contributed by atoms with van der Waals surface area (Å²) in [6, 6.07) is 3.94. The van der Waals surface area contributed by atoms with Crippen molar-refractivity contribution in [2.75, 3.05) is 11.1 Å². The number of hydrogen-bond donors (Lipinski definition) is 2. The van der Waals surface area contributed by atoms with Gasteiger partial charge in [-0.3, -0.25) is 4.79 Å². The Morgan fingerprint density at radius 3 is 3.00 bits per heavy atom. The lowest BCUT2D eigenvalue weighted by Gasteiger charge is -2.05. The third kappa shape index (κ3) is 2.14. The Morgan fingerprint density at radius 1 is 1.50 bits per heavy atom. The van der Waals surface area contributed by atoms with Gasteiger partial charge < -0.3 is 11.1 Å². The summed E-state index contributed by atoms with van der Waals surface area (Å²) in [6.45, 7) is 0. The zero-order valence-corrected chi connectivity index (χ0v) is 8.79. The van der Waals surface area contributed by atoms with E-state index in [1.165, 1.54) is 24.4 Å². The molecule has 0 aliphatic heterocycles. The minimum absolute atomic E-state index is 0.0259.